The van der Waals surface area contributed by atoms with Crippen molar-refractivity contribution in [2.45, 2.75) is 13.1 Å². The van der Waals surface area contributed by atoms with E-state index in [1.807, 2.05) is 24.3 Å². The fourth-order valence-corrected chi connectivity index (χ4v) is 4.08. The quantitative estimate of drug-likeness (QED) is 0.182. The zero-order valence-corrected chi connectivity index (χ0v) is 20.1. The van der Waals surface area contributed by atoms with E-state index in [1.54, 1.807) is 65.5 Å². The van der Waals surface area contributed by atoms with Gasteiger partial charge in [-0.15, -0.1) is 5.10 Å². The first-order chi connectivity index (χ1) is 18.4. The number of amides is 1. The molecule has 0 fully saturated rings. The number of aromatic nitrogens is 4. The maximum absolute atomic E-state index is 13.2. The molecule has 0 bridgehead atoms. The van der Waals surface area contributed by atoms with Crippen molar-refractivity contribution in [3.8, 4) is 11.3 Å². The van der Waals surface area contributed by atoms with Gasteiger partial charge in [0.2, 0.25) is 0 Å². The predicted molar refractivity (Wildman–Crippen MR) is 144 cm³/mol. The van der Waals surface area contributed by atoms with Crippen molar-refractivity contribution >= 4 is 42.0 Å². The van der Waals surface area contributed by atoms with Crippen LogP contribution in [0.1, 0.15) is 21.6 Å². The molecule has 3 aromatic carbocycles. The molecule has 2 aromatic heterocycles. The van der Waals surface area contributed by atoms with Gasteiger partial charge in [0, 0.05) is 10.9 Å². The number of rotatable bonds is 8. The Morgan fingerprint density at radius 2 is 1.53 bits per heavy atom. The molecule has 0 aliphatic carbocycles. The summed E-state index contributed by atoms with van der Waals surface area (Å²) in [6, 6.07) is 22.6. The summed E-state index contributed by atoms with van der Waals surface area (Å²) in [7, 11) is -3.08. The number of hydrogen-bond acceptors (Lipinski definition) is 8. The second kappa shape index (κ2) is 11.0. The summed E-state index contributed by atoms with van der Waals surface area (Å²) in [4.78, 5) is 17.9. The molecule has 5 aromatic rings. The molecule has 0 aliphatic heterocycles. The first-order valence-electron chi connectivity index (χ1n) is 11.9. The van der Waals surface area contributed by atoms with Gasteiger partial charge in [-0.3, -0.25) is 4.79 Å². The van der Waals surface area contributed by atoms with Crippen LogP contribution < -0.4 is 16.2 Å². The lowest BCUT2D eigenvalue weighted by Crippen LogP contribution is -2.29. The van der Waals surface area contributed by atoms with Crippen LogP contribution in [0.25, 0.3) is 22.2 Å². The lowest BCUT2D eigenvalue weighted by Gasteiger charge is -2.10. The van der Waals surface area contributed by atoms with E-state index in [0.29, 0.717) is 45.3 Å². The predicted octanol–water partition coefficient (Wildman–Crippen LogP) is -0.169. The van der Waals surface area contributed by atoms with Gasteiger partial charge in [-0.1, -0.05) is 71.9 Å². The maximum Gasteiger partial charge on any atom is 0.488 e. The van der Waals surface area contributed by atoms with Crippen LogP contribution >= 0.6 is 0 Å². The van der Waals surface area contributed by atoms with Gasteiger partial charge in [-0.25, -0.2) is 9.67 Å². The van der Waals surface area contributed by atoms with Gasteiger partial charge >= 0.3 is 14.2 Å². The summed E-state index contributed by atoms with van der Waals surface area (Å²) in [5, 5.41) is 49.0. The van der Waals surface area contributed by atoms with Crippen LogP contribution in [-0.4, -0.2) is 60.2 Å². The standard InChI is InChI=1S/C26H23B2N5O5/c34-26(29-14-21-16-33(32-31-21)15-17-5-9-19(10-6-17)27(35)36)23-13-25(30-24-4-2-1-3-22(23)24)18-7-11-20(12-8-18)28(37)38/h1-13,16,35-38H,14-15H2,(H,29,34). The van der Waals surface area contributed by atoms with E-state index in [1.165, 1.54) is 0 Å². The maximum atomic E-state index is 13.2. The van der Waals surface area contributed by atoms with E-state index in [0.717, 1.165) is 11.1 Å². The molecule has 5 N–H and O–H groups in total. The Hall–Kier alpha value is -4.35. The van der Waals surface area contributed by atoms with Gasteiger partial charge in [0.15, 0.2) is 0 Å². The van der Waals surface area contributed by atoms with Crippen molar-refractivity contribution in [1.82, 2.24) is 25.3 Å². The number of benzene rings is 3. The number of nitrogens with one attached hydrogen (secondary N) is 1. The summed E-state index contributed by atoms with van der Waals surface area (Å²) in [5.74, 6) is -0.292. The van der Waals surface area contributed by atoms with Gasteiger partial charge in [0.05, 0.1) is 36.1 Å². The molecule has 0 unspecified atom stereocenters. The summed E-state index contributed by atoms with van der Waals surface area (Å²) >= 11 is 0. The number of pyridine rings is 1. The van der Waals surface area contributed by atoms with Crippen LogP contribution in [0.3, 0.4) is 0 Å². The average Bonchev–Trinajstić information content (AvgIpc) is 3.38. The van der Waals surface area contributed by atoms with Crippen LogP contribution in [0.5, 0.6) is 0 Å². The molecule has 0 aliphatic rings. The normalized spacial score (nSPS) is 10.9. The van der Waals surface area contributed by atoms with Crippen LogP contribution in [0, 0.1) is 0 Å². The molecule has 12 heteroatoms. The summed E-state index contributed by atoms with van der Waals surface area (Å²) in [6.45, 7) is 0.608. The Balaban J connectivity index is 1.32. The van der Waals surface area contributed by atoms with E-state index in [-0.39, 0.29) is 12.5 Å². The second-order valence-corrected chi connectivity index (χ2v) is 8.77. The fraction of sp³-hybridized carbons (Fsp3) is 0.0769. The minimum atomic E-state index is -1.56. The zero-order valence-electron chi connectivity index (χ0n) is 20.1. The highest BCUT2D eigenvalue weighted by Crippen LogP contribution is 2.24. The van der Waals surface area contributed by atoms with Crippen molar-refractivity contribution in [3.05, 3.63) is 102 Å². The molecule has 10 nitrogen and oxygen atoms in total. The summed E-state index contributed by atoms with van der Waals surface area (Å²) in [6.07, 6.45) is 1.74. The highest BCUT2D eigenvalue weighted by molar-refractivity contribution is 6.58. The van der Waals surface area contributed by atoms with E-state index in [4.69, 9.17) is 0 Å². The second-order valence-electron chi connectivity index (χ2n) is 8.77. The molecular formula is C26H23B2N5O5. The van der Waals surface area contributed by atoms with Crippen molar-refractivity contribution in [2.75, 3.05) is 0 Å². The van der Waals surface area contributed by atoms with Gasteiger partial charge in [0.25, 0.3) is 5.91 Å². The number of carbonyl (C=O) groups is 1. The van der Waals surface area contributed by atoms with Crippen LogP contribution in [0.15, 0.2) is 85.1 Å². The smallest absolute Gasteiger partial charge is 0.423 e. The molecule has 0 radical (unpaired) electrons. The molecule has 5 rings (SSSR count). The Bertz CT molecular complexity index is 1570. The average molecular weight is 507 g/mol. The minimum Gasteiger partial charge on any atom is -0.423 e. The Morgan fingerprint density at radius 3 is 2.21 bits per heavy atom. The van der Waals surface area contributed by atoms with E-state index in [9.17, 15) is 24.9 Å². The Labute approximate surface area is 218 Å². The molecule has 0 saturated carbocycles. The zero-order chi connectivity index (χ0) is 26.6. The van der Waals surface area contributed by atoms with Crippen molar-refractivity contribution in [3.63, 3.8) is 0 Å². The number of para-hydroxylation sites is 1. The topological polar surface area (TPSA) is 154 Å². The van der Waals surface area contributed by atoms with Crippen LogP contribution in [0.2, 0.25) is 0 Å². The largest absolute Gasteiger partial charge is 0.488 e. The SMILES string of the molecule is O=C(NCc1cn(Cc2ccc(B(O)O)cc2)nn1)c1cc(-c2ccc(B(O)O)cc2)nc2ccccc12. The third-order valence-corrected chi connectivity index (χ3v) is 6.10. The molecular weight excluding hydrogens is 484 g/mol. The van der Waals surface area contributed by atoms with Crippen LogP contribution in [0.4, 0.5) is 0 Å². The summed E-state index contributed by atoms with van der Waals surface area (Å²) in [5.41, 5.74) is 4.69. The van der Waals surface area contributed by atoms with Crippen molar-refractivity contribution in [2.24, 2.45) is 0 Å². The molecule has 38 heavy (non-hydrogen) atoms. The number of nitrogens with zero attached hydrogens (tertiary/aromatic N) is 4. The number of carbonyl (C=O) groups excluding carboxylic acids is 1. The van der Waals surface area contributed by atoms with E-state index >= 15 is 0 Å². The molecule has 2 heterocycles. The molecule has 0 spiro atoms. The highest BCUT2D eigenvalue weighted by atomic mass is 16.4. The van der Waals surface area contributed by atoms with Gasteiger partial charge in [0.1, 0.15) is 5.69 Å². The fourth-order valence-electron chi connectivity index (χ4n) is 4.08. The van der Waals surface area contributed by atoms with E-state index in [2.05, 4.69) is 20.6 Å². The molecule has 0 saturated heterocycles. The van der Waals surface area contributed by atoms with Crippen LogP contribution in [-0.2, 0) is 13.1 Å². The Morgan fingerprint density at radius 1 is 0.868 bits per heavy atom. The third kappa shape index (κ3) is 5.63. The van der Waals surface area contributed by atoms with Gasteiger partial charge < -0.3 is 25.4 Å². The number of fused-ring (bicyclic) bond motifs is 1. The van der Waals surface area contributed by atoms with E-state index < -0.39 is 14.2 Å². The first-order valence-corrected chi connectivity index (χ1v) is 11.9. The highest BCUT2D eigenvalue weighted by Gasteiger charge is 2.16. The Kier molecular flexibility index (Phi) is 7.29. The monoisotopic (exact) mass is 507 g/mol. The summed E-state index contributed by atoms with van der Waals surface area (Å²) < 4.78 is 1.64. The van der Waals surface area contributed by atoms with Crippen molar-refractivity contribution < 1.29 is 24.9 Å². The first kappa shape index (κ1) is 25.3. The lowest BCUT2D eigenvalue weighted by atomic mass is 9.80. The lowest BCUT2D eigenvalue weighted by molar-refractivity contribution is 0.0952. The third-order valence-electron chi connectivity index (χ3n) is 6.10. The van der Waals surface area contributed by atoms with Gasteiger partial charge in [-0.05, 0) is 28.6 Å². The molecule has 188 valence electrons. The minimum absolute atomic E-state index is 0.170. The number of hydrogen-bond donors (Lipinski definition) is 5. The molecule has 1 amide bonds. The molecule has 0 atom stereocenters. The van der Waals surface area contributed by atoms with Gasteiger partial charge in [-0.2, -0.15) is 0 Å². The van der Waals surface area contributed by atoms with Crippen molar-refractivity contribution in [1.29, 1.82) is 0 Å².